The fourth-order valence-electron chi connectivity index (χ4n) is 11.5. The summed E-state index contributed by atoms with van der Waals surface area (Å²) in [6.07, 6.45) is 4.82. The van der Waals surface area contributed by atoms with Gasteiger partial charge in [-0.2, -0.15) is 0 Å². The van der Waals surface area contributed by atoms with Crippen molar-refractivity contribution in [2.75, 3.05) is 13.2 Å². The van der Waals surface area contributed by atoms with Crippen LogP contribution < -0.4 is 0 Å². The number of esters is 1. The molecule has 5 N–H and O–H groups in total. The van der Waals surface area contributed by atoms with Crippen LogP contribution in [-0.4, -0.2) is 69.1 Å². The largest absolute Gasteiger partial charge is 0.459 e. The average molecular weight is 591 g/mol. The SMILES string of the molecule is CCC(C)C(=O)OC1C(O)C2(CO)C(O)CC3(C)C(=CCC4C5(C)CCC(O)C(C)(CO)C5CCC43C)C2CC1(C)C. The Bertz CT molecular complexity index is 1100. The Kier molecular flexibility index (Phi) is 7.92. The number of aliphatic hydroxyl groups is 5. The van der Waals surface area contributed by atoms with Gasteiger partial charge in [-0.1, -0.05) is 67.0 Å². The molecule has 0 radical (unpaired) electrons. The lowest BCUT2D eigenvalue weighted by Gasteiger charge is -2.72. The van der Waals surface area contributed by atoms with Crippen molar-refractivity contribution in [1.29, 1.82) is 0 Å². The molecule has 42 heavy (non-hydrogen) atoms. The first-order chi connectivity index (χ1) is 19.4. The van der Waals surface area contributed by atoms with Gasteiger partial charge in [-0.05, 0) is 85.4 Å². The lowest BCUT2D eigenvalue weighted by Crippen LogP contribution is -2.72. The lowest BCUT2D eigenvalue weighted by molar-refractivity contribution is -0.263. The molecular weight excluding hydrogens is 532 g/mol. The molecule has 0 aromatic carbocycles. The van der Waals surface area contributed by atoms with Crippen LogP contribution in [0.15, 0.2) is 11.6 Å². The fraction of sp³-hybridized carbons (Fsp3) is 0.914. The van der Waals surface area contributed by atoms with Gasteiger partial charge in [0.2, 0.25) is 0 Å². The van der Waals surface area contributed by atoms with Crippen molar-refractivity contribution in [3.05, 3.63) is 11.6 Å². The number of hydrogen-bond donors (Lipinski definition) is 5. The summed E-state index contributed by atoms with van der Waals surface area (Å²) in [6.45, 7) is 16.6. The molecule has 0 amide bonds. The van der Waals surface area contributed by atoms with E-state index in [0.29, 0.717) is 31.6 Å². The lowest BCUT2D eigenvalue weighted by atomic mass is 9.33. The van der Waals surface area contributed by atoms with Crippen LogP contribution in [0.1, 0.15) is 107 Å². The summed E-state index contributed by atoms with van der Waals surface area (Å²) in [5.41, 5.74) is -1.62. The van der Waals surface area contributed by atoms with E-state index in [0.717, 1.165) is 25.7 Å². The van der Waals surface area contributed by atoms with Gasteiger partial charge >= 0.3 is 5.97 Å². The number of rotatable bonds is 5. The van der Waals surface area contributed by atoms with Crippen molar-refractivity contribution in [3.8, 4) is 0 Å². The van der Waals surface area contributed by atoms with Gasteiger partial charge in [-0.3, -0.25) is 4.79 Å². The molecule has 0 aromatic heterocycles. The van der Waals surface area contributed by atoms with E-state index in [1.54, 1.807) is 0 Å². The summed E-state index contributed by atoms with van der Waals surface area (Å²) in [7, 11) is 0. The van der Waals surface area contributed by atoms with Gasteiger partial charge in [0.1, 0.15) is 12.2 Å². The van der Waals surface area contributed by atoms with Crippen molar-refractivity contribution in [2.45, 2.75) is 131 Å². The molecule has 13 atom stereocenters. The maximum atomic E-state index is 12.9. The Morgan fingerprint density at radius 1 is 0.952 bits per heavy atom. The zero-order valence-electron chi connectivity index (χ0n) is 27.3. The molecule has 4 fully saturated rings. The molecular formula is C35H58O7. The third-order valence-corrected chi connectivity index (χ3v) is 14.8. The molecule has 5 aliphatic rings. The van der Waals surface area contributed by atoms with Crippen molar-refractivity contribution in [2.24, 2.45) is 56.2 Å². The molecule has 5 aliphatic carbocycles. The van der Waals surface area contributed by atoms with E-state index in [4.69, 9.17) is 4.74 Å². The predicted molar refractivity (Wildman–Crippen MR) is 161 cm³/mol. The van der Waals surface area contributed by atoms with Crippen LogP contribution in [0, 0.1) is 56.2 Å². The number of aliphatic hydroxyl groups excluding tert-OH is 5. The first-order valence-electron chi connectivity index (χ1n) is 16.6. The number of carbonyl (C=O) groups is 1. The Morgan fingerprint density at radius 2 is 1.62 bits per heavy atom. The maximum Gasteiger partial charge on any atom is 0.309 e. The Morgan fingerprint density at radius 3 is 2.21 bits per heavy atom. The highest BCUT2D eigenvalue weighted by atomic mass is 16.6. The van der Waals surface area contributed by atoms with Crippen LogP contribution >= 0.6 is 0 Å². The molecule has 0 spiro atoms. The quantitative estimate of drug-likeness (QED) is 0.234. The highest BCUT2D eigenvalue weighted by Gasteiger charge is 2.72. The van der Waals surface area contributed by atoms with E-state index >= 15 is 0 Å². The van der Waals surface area contributed by atoms with Crippen molar-refractivity contribution in [3.63, 3.8) is 0 Å². The highest BCUT2D eigenvalue weighted by Crippen LogP contribution is 2.75. The topological polar surface area (TPSA) is 127 Å². The summed E-state index contributed by atoms with van der Waals surface area (Å²) < 4.78 is 6.00. The number of ether oxygens (including phenoxy) is 1. The van der Waals surface area contributed by atoms with E-state index in [1.807, 2.05) is 27.7 Å². The molecule has 0 aromatic rings. The van der Waals surface area contributed by atoms with E-state index in [9.17, 15) is 30.3 Å². The second kappa shape index (κ2) is 10.3. The van der Waals surface area contributed by atoms with E-state index in [1.165, 1.54) is 5.57 Å². The van der Waals surface area contributed by atoms with Crippen molar-refractivity contribution >= 4 is 5.97 Å². The van der Waals surface area contributed by atoms with Gasteiger partial charge in [-0.25, -0.2) is 0 Å². The average Bonchev–Trinajstić information content (AvgIpc) is 2.93. The summed E-state index contributed by atoms with van der Waals surface area (Å²) in [5.74, 6) is -0.370. The van der Waals surface area contributed by atoms with E-state index in [-0.39, 0.29) is 53.2 Å². The van der Waals surface area contributed by atoms with Crippen LogP contribution in [0.4, 0.5) is 0 Å². The normalized spacial score (nSPS) is 52.1. The molecule has 13 unspecified atom stereocenters. The smallest absolute Gasteiger partial charge is 0.309 e. The van der Waals surface area contributed by atoms with Gasteiger partial charge in [0.05, 0.1) is 36.8 Å². The molecule has 5 rings (SSSR count). The molecule has 7 heteroatoms. The summed E-state index contributed by atoms with van der Waals surface area (Å²) >= 11 is 0. The summed E-state index contributed by atoms with van der Waals surface area (Å²) in [4.78, 5) is 12.9. The first kappa shape index (κ1) is 32.4. The Labute approximate surface area is 253 Å². The minimum atomic E-state index is -1.21. The maximum absolute atomic E-state index is 12.9. The number of allylic oxidation sites excluding steroid dienone is 2. The monoisotopic (exact) mass is 590 g/mol. The van der Waals surface area contributed by atoms with Gasteiger partial charge in [0.25, 0.3) is 0 Å². The van der Waals surface area contributed by atoms with Crippen LogP contribution in [0.5, 0.6) is 0 Å². The van der Waals surface area contributed by atoms with Crippen molar-refractivity contribution < 1.29 is 35.1 Å². The summed E-state index contributed by atoms with van der Waals surface area (Å²) in [5, 5.41) is 56.7. The Hall–Kier alpha value is -0.990. The van der Waals surface area contributed by atoms with Gasteiger partial charge < -0.3 is 30.3 Å². The minimum Gasteiger partial charge on any atom is -0.459 e. The second-order valence-corrected chi connectivity index (χ2v) is 16.9. The van der Waals surface area contributed by atoms with E-state index < -0.39 is 40.7 Å². The second-order valence-electron chi connectivity index (χ2n) is 16.9. The van der Waals surface area contributed by atoms with Gasteiger partial charge in [0, 0.05) is 10.8 Å². The first-order valence-corrected chi connectivity index (χ1v) is 16.6. The zero-order chi connectivity index (χ0) is 31.3. The van der Waals surface area contributed by atoms with Crippen LogP contribution in [0.3, 0.4) is 0 Å². The molecule has 4 saturated carbocycles. The van der Waals surface area contributed by atoms with Gasteiger partial charge in [0.15, 0.2) is 0 Å². The standard InChI is InChI=1S/C35H58O7/c1-9-20(2)29(41)42-28-27(40)35(19-37)22(16-30(28,3)4)21-10-11-24-31(5)14-13-25(38)32(6,18-36)23(31)12-15-33(24,7)34(21,8)17-26(35)39/h10,20,22-28,36-40H,9,11-19H2,1-8H3. The van der Waals surface area contributed by atoms with E-state index in [2.05, 4.69) is 33.8 Å². The molecule has 0 aliphatic heterocycles. The van der Waals surface area contributed by atoms with Crippen LogP contribution in [0.25, 0.3) is 0 Å². The number of carbonyl (C=O) groups excluding carboxylic acids is 1. The van der Waals surface area contributed by atoms with Gasteiger partial charge in [-0.15, -0.1) is 0 Å². The molecule has 0 heterocycles. The third kappa shape index (κ3) is 3.98. The minimum absolute atomic E-state index is 0.0221. The predicted octanol–water partition coefficient (Wildman–Crippen LogP) is 4.62. The molecule has 7 nitrogen and oxygen atoms in total. The summed E-state index contributed by atoms with van der Waals surface area (Å²) in [6, 6.07) is 0. The molecule has 240 valence electrons. The molecule has 0 saturated heterocycles. The fourth-order valence-corrected chi connectivity index (χ4v) is 11.5. The Balaban J connectivity index is 1.57. The number of hydrogen-bond acceptors (Lipinski definition) is 7. The van der Waals surface area contributed by atoms with Crippen molar-refractivity contribution in [1.82, 2.24) is 0 Å². The molecule has 0 bridgehead atoms. The third-order valence-electron chi connectivity index (χ3n) is 14.8. The highest BCUT2D eigenvalue weighted by molar-refractivity contribution is 5.72. The van der Waals surface area contributed by atoms with Crippen LogP contribution in [0.2, 0.25) is 0 Å². The zero-order valence-corrected chi connectivity index (χ0v) is 27.3. The van der Waals surface area contributed by atoms with Crippen LogP contribution in [-0.2, 0) is 9.53 Å². The number of fused-ring (bicyclic) bond motifs is 7.